The lowest BCUT2D eigenvalue weighted by atomic mass is 10.2. The Bertz CT molecular complexity index is 604. The van der Waals surface area contributed by atoms with E-state index in [0.29, 0.717) is 0 Å². The summed E-state index contributed by atoms with van der Waals surface area (Å²) in [6, 6.07) is 4.62. The maximum absolute atomic E-state index is 13.1. The van der Waals surface area contributed by atoms with Gasteiger partial charge in [-0.05, 0) is 31.0 Å². The number of nitriles is 1. The molecule has 1 fully saturated rings. The highest BCUT2D eigenvalue weighted by atomic mass is 32.2. The van der Waals surface area contributed by atoms with Gasteiger partial charge in [-0.3, -0.25) is 4.84 Å². The van der Waals surface area contributed by atoms with Crippen molar-refractivity contribution < 1.29 is 17.6 Å². The zero-order chi connectivity index (χ0) is 13.9. The molecule has 1 aliphatic rings. The number of benzene rings is 1. The second kappa shape index (κ2) is 5.65. The van der Waals surface area contributed by atoms with Crippen molar-refractivity contribution in [3.05, 3.63) is 29.6 Å². The van der Waals surface area contributed by atoms with Gasteiger partial charge in [0.15, 0.2) is 0 Å². The third-order valence-electron chi connectivity index (χ3n) is 3.00. The van der Waals surface area contributed by atoms with Crippen molar-refractivity contribution >= 4 is 10.0 Å². The molecule has 102 valence electrons. The van der Waals surface area contributed by atoms with Crippen LogP contribution in [0.1, 0.15) is 31.2 Å². The van der Waals surface area contributed by atoms with Crippen LogP contribution < -0.4 is 4.89 Å². The van der Waals surface area contributed by atoms with Crippen LogP contribution in [-0.4, -0.2) is 14.5 Å². The topological polar surface area (TPSA) is 79.2 Å². The molecule has 5 nitrogen and oxygen atoms in total. The third-order valence-corrected chi connectivity index (χ3v) is 4.19. The number of nitrogens with zero attached hydrogens (tertiary/aromatic N) is 1. The molecule has 1 aliphatic carbocycles. The number of sulfonamides is 1. The Morgan fingerprint density at radius 1 is 1.37 bits per heavy atom. The highest BCUT2D eigenvalue weighted by Crippen LogP contribution is 2.21. The van der Waals surface area contributed by atoms with Crippen molar-refractivity contribution in [1.29, 1.82) is 5.26 Å². The van der Waals surface area contributed by atoms with E-state index in [1.165, 1.54) is 0 Å². The van der Waals surface area contributed by atoms with Crippen LogP contribution >= 0.6 is 0 Å². The van der Waals surface area contributed by atoms with Gasteiger partial charge in [0, 0.05) is 0 Å². The summed E-state index contributed by atoms with van der Waals surface area (Å²) in [5.74, 6) is -0.752. The molecule has 1 N–H and O–H groups in total. The maximum Gasteiger partial charge on any atom is 0.262 e. The fraction of sp³-hybridized carbons (Fsp3) is 0.417. The molecule has 0 spiro atoms. The molecular weight excluding hydrogens is 271 g/mol. The van der Waals surface area contributed by atoms with Gasteiger partial charge in [0.25, 0.3) is 10.0 Å². The number of hydrogen-bond acceptors (Lipinski definition) is 4. The minimum absolute atomic E-state index is 0.120. The van der Waals surface area contributed by atoms with Crippen molar-refractivity contribution in [2.24, 2.45) is 0 Å². The molecule has 0 aliphatic heterocycles. The lowest BCUT2D eigenvalue weighted by Gasteiger charge is -2.12. The van der Waals surface area contributed by atoms with E-state index in [9.17, 15) is 12.8 Å². The Hall–Kier alpha value is -1.49. The summed E-state index contributed by atoms with van der Waals surface area (Å²) in [6.07, 6.45) is 3.54. The van der Waals surface area contributed by atoms with Crippen LogP contribution in [0.25, 0.3) is 0 Å². The molecule has 0 radical (unpaired) electrons. The summed E-state index contributed by atoms with van der Waals surface area (Å²) >= 11 is 0. The van der Waals surface area contributed by atoms with Gasteiger partial charge in [0.05, 0.1) is 16.6 Å². The second-order valence-corrected chi connectivity index (χ2v) is 6.01. The SMILES string of the molecule is N#Cc1cc(S(=O)(=O)NOC2CCCC2)ccc1F. The summed E-state index contributed by atoms with van der Waals surface area (Å²) < 4.78 is 36.9. The lowest BCUT2D eigenvalue weighted by molar-refractivity contribution is 0.0223. The van der Waals surface area contributed by atoms with E-state index < -0.39 is 15.8 Å². The van der Waals surface area contributed by atoms with E-state index in [2.05, 4.69) is 0 Å². The average Bonchev–Trinajstić information content (AvgIpc) is 2.90. The largest absolute Gasteiger partial charge is 0.284 e. The van der Waals surface area contributed by atoms with Crippen molar-refractivity contribution in [3.63, 3.8) is 0 Å². The minimum Gasteiger partial charge on any atom is -0.284 e. The van der Waals surface area contributed by atoms with Crippen LogP contribution in [-0.2, 0) is 14.9 Å². The monoisotopic (exact) mass is 284 g/mol. The lowest BCUT2D eigenvalue weighted by Crippen LogP contribution is -2.28. The summed E-state index contributed by atoms with van der Waals surface area (Å²) in [4.78, 5) is 6.95. The molecule has 0 aromatic heterocycles. The minimum atomic E-state index is -3.89. The molecule has 2 rings (SSSR count). The molecule has 7 heteroatoms. The fourth-order valence-electron chi connectivity index (χ4n) is 1.94. The third kappa shape index (κ3) is 3.29. The van der Waals surface area contributed by atoms with Gasteiger partial charge < -0.3 is 0 Å². The number of nitrogens with one attached hydrogen (secondary N) is 1. The molecule has 1 saturated carbocycles. The second-order valence-electron chi connectivity index (χ2n) is 4.36. The van der Waals surface area contributed by atoms with Crippen LogP contribution in [0.2, 0.25) is 0 Å². The Morgan fingerprint density at radius 2 is 2.05 bits per heavy atom. The normalized spacial score (nSPS) is 16.4. The average molecular weight is 284 g/mol. The Balaban J connectivity index is 2.12. The number of rotatable bonds is 4. The first-order valence-electron chi connectivity index (χ1n) is 5.90. The molecule has 0 heterocycles. The molecule has 0 bridgehead atoms. The molecule has 0 amide bonds. The highest BCUT2D eigenvalue weighted by molar-refractivity contribution is 7.89. The molecule has 0 unspecified atom stereocenters. The Morgan fingerprint density at radius 3 is 2.68 bits per heavy atom. The van der Waals surface area contributed by atoms with E-state index in [-0.39, 0.29) is 16.6 Å². The number of halogens is 1. The molecule has 1 aromatic carbocycles. The van der Waals surface area contributed by atoms with E-state index >= 15 is 0 Å². The highest BCUT2D eigenvalue weighted by Gasteiger charge is 2.21. The maximum atomic E-state index is 13.1. The Kier molecular flexibility index (Phi) is 4.14. The van der Waals surface area contributed by atoms with Gasteiger partial charge in [-0.25, -0.2) is 12.8 Å². The van der Waals surface area contributed by atoms with E-state index in [1.807, 2.05) is 4.89 Å². The van der Waals surface area contributed by atoms with Crippen LogP contribution in [0.5, 0.6) is 0 Å². The van der Waals surface area contributed by atoms with Gasteiger partial charge in [-0.2, -0.15) is 5.26 Å². The predicted molar refractivity (Wildman–Crippen MR) is 64.8 cm³/mol. The van der Waals surface area contributed by atoms with Crippen molar-refractivity contribution in [1.82, 2.24) is 4.89 Å². The smallest absolute Gasteiger partial charge is 0.262 e. The van der Waals surface area contributed by atoms with Crippen LogP contribution in [0.4, 0.5) is 4.39 Å². The zero-order valence-corrected chi connectivity index (χ0v) is 10.9. The molecule has 1 aromatic rings. The van der Waals surface area contributed by atoms with Gasteiger partial charge >= 0.3 is 0 Å². The van der Waals surface area contributed by atoms with Gasteiger partial charge in [0.1, 0.15) is 11.9 Å². The summed E-state index contributed by atoms with van der Waals surface area (Å²) in [5.41, 5.74) is -0.316. The summed E-state index contributed by atoms with van der Waals surface area (Å²) in [7, 11) is -3.89. The summed E-state index contributed by atoms with van der Waals surface area (Å²) in [5, 5.41) is 8.67. The molecular formula is C12H13FN2O3S. The molecule has 0 atom stereocenters. The zero-order valence-electron chi connectivity index (χ0n) is 10.1. The van der Waals surface area contributed by atoms with Crippen molar-refractivity contribution in [2.75, 3.05) is 0 Å². The van der Waals surface area contributed by atoms with E-state index in [4.69, 9.17) is 10.1 Å². The van der Waals surface area contributed by atoms with Gasteiger partial charge in [-0.15, -0.1) is 0 Å². The van der Waals surface area contributed by atoms with Gasteiger partial charge in [-0.1, -0.05) is 17.7 Å². The Labute approximate surface area is 111 Å². The molecule has 0 saturated heterocycles. The van der Waals surface area contributed by atoms with Crippen molar-refractivity contribution in [2.45, 2.75) is 36.7 Å². The summed E-state index contributed by atoms with van der Waals surface area (Å²) in [6.45, 7) is 0. The van der Waals surface area contributed by atoms with E-state index in [0.717, 1.165) is 43.9 Å². The van der Waals surface area contributed by atoms with Crippen molar-refractivity contribution in [3.8, 4) is 6.07 Å². The van der Waals surface area contributed by atoms with Crippen LogP contribution in [0.3, 0.4) is 0 Å². The number of hydrogen-bond donors (Lipinski definition) is 1. The standard InChI is InChI=1S/C12H13FN2O3S/c13-12-6-5-11(7-9(12)8-14)19(16,17)15-18-10-3-1-2-4-10/h5-7,10,15H,1-4H2. The van der Waals surface area contributed by atoms with Crippen LogP contribution in [0.15, 0.2) is 23.1 Å². The van der Waals surface area contributed by atoms with E-state index in [1.54, 1.807) is 6.07 Å². The first-order valence-corrected chi connectivity index (χ1v) is 7.38. The first kappa shape index (κ1) is 13.9. The first-order chi connectivity index (χ1) is 9.03. The fourth-order valence-corrected chi connectivity index (χ4v) is 2.82. The quantitative estimate of drug-likeness (QED) is 0.856. The molecule has 19 heavy (non-hydrogen) atoms. The predicted octanol–water partition coefficient (Wildman–Crippen LogP) is 1.85. The van der Waals surface area contributed by atoms with Crippen LogP contribution in [0, 0.1) is 17.1 Å². The van der Waals surface area contributed by atoms with Gasteiger partial charge in [0.2, 0.25) is 0 Å².